The molecule has 0 bridgehead atoms. The third kappa shape index (κ3) is 3.44. The van der Waals surface area contributed by atoms with Gasteiger partial charge in [0.05, 0.1) is 0 Å². The van der Waals surface area contributed by atoms with E-state index >= 15 is 0 Å². The molecule has 1 nitrogen and oxygen atoms in total. The normalized spacial score (nSPS) is 16.4. The fraction of sp³-hybridized carbons (Fsp3) is 0.588. The molecule has 98 valence electrons. The van der Waals surface area contributed by atoms with Crippen LogP contribution in [-0.4, -0.2) is 5.78 Å². The first-order chi connectivity index (χ1) is 8.45. The van der Waals surface area contributed by atoms with Crippen LogP contribution in [0.2, 0.25) is 0 Å². The lowest BCUT2D eigenvalue weighted by atomic mass is 9.81. The monoisotopic (exact) mass is 244 g/mol. The highest BCUT2D eigenvalue weighted by molar-refractivity contribution is 5.81. The van der Waals surface area contributed by atoms with Crippen molar-refractivity contribution in [1.82, 2.24) is 0 Å². The Morgan fingerprint density at radius 1 is 1.17 bits per heavy atom. The maximum Gasteiger partial charge on any atom is 0.137 e. The minimum absolute atomic E-state index is 0.189. The first kappa shape index (κ1) is 13.3. The third-order valence-corrected chi connectivity index (χ3v) is 3.96. The molecule has 0 atom stereocenters. The van der Waals surface area contributed by atoms with Gasteiger partial charge in [-0.2, -0.15) is 0 Å². The van der Waals surface area contributed by atoms with Crippen molar-refractivity contribution < 1.29 is 4.79 Å². The van der Waals surface area contributed by atoms with Crippen molar-refractivity contribution in [2.24, 2.45) is 5.92 Å². The summed E-state index contributed by atoms with van der Waals surface area (Å²) in [6.45, 7) is 6.64. The molecule has 0 aromatic heterocycles. The summed E-state index contributed by atoms with van der Waals surface area (Å²) >= 11 is 0. The van der Waals surface area contributed by atoms with Crippen LogP contribution in [0, 0.1) is 5.92 Å². The number of carbonyl (C=O) groups is 1. The van der Waals surface area contributed by atoms with Crippen molar-refractivity contribution in [1.29, 1.82) is 0 Å². The van der Waals surface area contributed by atoms with Crippen LogP contribution in [0.5, 0.6) is 0 Å². The number of ketones is 1. The number of benzene rings is 1. The van der Waals surface area contributed by atoms with Gasteiger partial charge in [0, 0.05) is 12.8 Å². The van der Waals surface area contributed by atoms with Crippen LogP contribution in [0.25, 0.3) is 0 Å². The highest BCUT2D eigenvalue weighted by atomic mass is 16.1. The quantitative estimate of drug-likeness (QED) is 0.772. The molecule has 0 amide bonds. The van der Waals surface area contributed by atoms with Crippen LogP contribution >= 0.6 is 0 Å². The van der Waals surface area contributed by atoms with Gasteiger partial charge >= 0.3 is 0 Å². The Labute approximate surface area is 111 Å². The van der Waals surface area contributed by atoms with E-state index in [-0.39, 0.29) is 5.41 Å². The zero-order chi connectivity index (χ0) is 13.2. The van der Waals surface area contributed by atoms with Crippen LogP contribution in [0.15, 0.2) is 24.3 Å². The second-order valence-corrected chi connectivity index (χ2v) is 6.66. The smallest absolute Gasteiger partial charge is 0.137 e. The molecule has 1 aliphatic carbocycles. The molecule has 0 radical (unpaired) electrons. The summed E-state index contributed by atoms with van der Waals surface area (Å²) in [6.07, 6.45) is 5.24. The maximum atomic E-state index is 11.9. The Bertz CT molecular complexity index is 404. The second kappa shape index (κ2) is 5.26. The summed E-state index contributed by atoms with van der Waals surface area (Å²) in [5.41, 5.74) is 2.68. The second-order valence-electron chi connectivity index (χ2n) is 6.66. The van der Waals surface area contributed by atoms with Gasteiger partial charge in [0.2, 0.25) is 0 Å². The predicted molar refractivity (Wildman–Crippen MR) is 75.8 cm³/mol. The van der Waals surface area contributed by atoms with Gasteiger partial charge in [-0.3, -0.25) is 4.79 Å². The molecule has 0 spiro atoms. The molecule has 1 saturated carbocycles. The lowest BCUT2D eigenvalue weighted by Crippen LogP contribution is -2.17. The van der Waals surface area contributed by atoms with Crippen molar-refractivity contribution in [2.75, 3.05) is 0 Å². The highest BCUT2D eigenvalue weighted by Crippen LogP contribution is 2.30. The average Bonchev–Trinajstić information content (AvgIpc) is 2.23. The molecule has 1 aliphatic rings. The molecule has 1 aromatic carbocycles. The molecule has 1 heteroatoms. The van der Waals surface area contributed by atoms with Crippen LogP contribution < -0.4 is 0 Å². The predicted octanol–water partition coefficient (Wildman–Crippen LogP) is 4.29. The van der Waals surface area contributed by atoms with Gasteiger partial charge < -0.3 is 0 Å². The van der Waals surface area contributed by atoms with E-state index in [4.69, 9.17) is 0 Å². The lowest BCUT2D eigenvalue weighted by molar-refractivity contribution is -0.119. The van der Waals surface area contributed by atoms with Gasteiger partial charge in [0.1, 0.15) is 5.78 Å². The Hall–Kier alpha value is -1.11. The first-order valence-corrected chi connectivity index (χ1v) is 7.06. The van der Waals surface area contributed by atoms with Crippen molar-refractivity contribution in [2.45, 2.75) is 58.3 Å². The van der Waals surface area contributed by atoms with Gasteiger partial charge in [-0.05, 0) is 22.5 Å². The molecule has 0 aliphatic heterocycles. The molecule has 18 heavy (non-hydrogen) atoms. The van der Waals surface area contributed by atoms with E-state index in [0.717, 1.165) is 12.0 Å². The minimum atomic E-state index is 0.189. The fourth-order valence-corrected chi connectivity index (χ4v) is 2.44. The van der Waals surface area contributed by atoms with E-state index in [1.54, 1.807) is 0 Å². The third-order valence-electron chi connectivity index (χ3n) is 3.96. The van der Waals surface area contributed by atoms with Crippen LogP contribution in [-0.2, 0) is 16.6 Å². The van der Waals surface area contributed by atoms with Crippen molar-refractivity contribution >= 4 is 5.78 Å². The van der Waals surface area contributed by atoms with Crippen molar-refractivity contribution in [3.8, 4) is 0 Å². The topological polar surface area (TPSA) is 17.1 Å². The zero-order valence-corrected chi connectivity index (χ0v) is 11.8. The SMILES string of the molecule is CC(C)(C)c1ccc(CC(=O)CC2CCC2)cc1. The fourth-order valence-electron chi connectivity index (χ4n) is 2.44. The van der Waals surface area contributed by atoms with Gasteiger partial charge in [-0.15, -0.1) is 0 Å². The molecular formula is C17H24O. The largest absolute Gasteiger partial charge is 0.299 e. The number of carbonyl (C=O) groups excluding carboxylic acids is 1. The number of hydrogen-bond donors (Lipinski definition) is 0. The summed E-state index contributed by atoms with van der Waals surface area (Å²) in [7, 11) is 0. The summed E-state index contributed by atoms with van der Waals surface area (Å²) in [4.78, 5) is 11.9. The molecule has 0 heterocycles. The molecular weight excluding hydrogens is 220 g/mol. The summed E-state index contributed by atoms with van der Waals surface area (Å²) in [5, 5.41) is 0. The van der Waals surface area contributed by atoms with E-state index in [0.29, 0.717) is 18.1 Å². The molecule has 0 unspecified atom stereocenters. The average molecular weight is 244 g/mol. The van der Waals surface area contributed by atoms with Gasteiger partial charge in [0.15, 0.2) is 0 Å². The van der Waals surface area contributed by atoms with Crippen molar-refractivity contribution in [3.63, 3.8) is 0 Å². The Morgan fingerprint density at radius 2 is 1.78 bits per heavy atom. The van der Waals surface area contributed by atoms with E-state index in [2.05, 4.69) is 45.0 Å². The standard InChI is InChI=1S/C17H24O/c1-17(2,3)15-9-7-14(8-10-15)12-16(18)11-13-5-4-6-13/h7-10,13H,4-6,11-12H2,1-3H3. The van der Waals surface area contributed by atoms with E-state index in [1.807, 2.05) is 0 Å². The molecule has 0 N–H and O–H groups in total. The van der Waals surface area contributed by atoms with E-state index < -0.39 is 0 Å². The first-order valence-electron chi connectivity index (χ1n) is 7.06. The Balaban J connectivity index is 1.91. The summed E-state index contributed by atoms with van der Waals surface area (Å²) in [6, 6.07) is 8.54. The van der Waals surface area contributed by atoms with Crippen LogP contribution in [0.1, 0.15) is 57.6 Å². The number of hydrogen-bond acceptors (Lipinski definition) is 1. The summed E-state index contributed by atoms with van der Waals surface area (Å²) in [5.74, 6) is 1.09. The summed E-state index contributed by atoms with van der Waals surface area (Å²) < 4.78 is 0. The lowest BCUT2D eigenvalue weighted by Gasteiger charge is -2.24. The van der Waals surface area contributed by atoms with Gasteiger partial charge in [-0.25, -0.2) is 0 Å². The molecule has 0 saturated heterocycles. The van der Waals surface area contributed by atoms with Crippen molar-refractivity contribution in [3.05, 3.63) is 35.4 Å². The minimum Gasteiger partial charge on any atom is -0.299 e. The van der Waals surface area contributed by atoms with Crippen LogP contribution in [0.3, 0.4) is 0 Å². The Kier molecular flexibility index (Phi) is 3.89. The molecule has 1 fully saturated rings. The zero-order valence-electron chi connectivity index (χ0n) is 11.8. The van der Waals surface area contributed by atoms with Gasteiger partial charge in [-0.1, -0.05) is 64.3 Å². The maximum absolute atomic E-state index is 11.9. The Morgan fingerprint density at radius 3 is 2.22 bits per heavy atom. The van der Waals surface area contributed by atoms with E-state index in [1.165, 1.54) is 24.8 Å². The molecule has 2 rings (SSSR count). The van der Waals surface area contributed by atoms with Gasteiger partial charge in [0.25, 0.3) is 0 Å². The molecule has 1 aromatic rings. The highest BCUT2D eigenvalue weighted by Gasteiger charge is 2.20. The van der Waals surface area contributed by atoms with E-state index in [9.17, 15) is 4.79 Å². The number of rotatable bonds is 4. The number of Topliss-reactive ketones (excluding diaryl/α,β-unsaturated/α-hetero) is 1. The van der Waals surface area contributed by atoms with Crippen LogP contribution in [0.4, 0.5) is 0 Å².